The van der Waals surface area contributed by atoms with Crippen LogP contribution in [-0.2, 0) is 0 Å². The molecule has 1 aliphatic carbocycles. The lowest BCUT2D eigenvalue weighted by Gasteiger charge is -2.09. The summed E-state index contributed by atoms with van der Waals surface area (Å²) in [5, 5.41) is 0. The number of benzene rings is 1. The van der Waals surface area contributed by atoms with Crippen molar-refractivity contribution >= 4 is 17.5 Å². The van der Waals surface area contributed by atoms with Crippen molar-refractivity contribution in [3.05, 3.63) is 58.5 Å². The third kappa shape index (κ3) is 2.51. The van der Waals surface area contributed by atoms with E-state index in [2.05, 4.69) is 23.8 Å². The first kappa shape index (κ1) is 10.9. The number of rotatable bonds is 2. The fraction of sp³-hybridized carbons (Fsp3) is 0.154. The molecule has 80 valence electrons. The highest BCUT2D eigenvalue weighted by atomic mass is 32.2. The Bertz CT molecular complexity index is 494. The lowest BCUT2D eigenvalue weighted by molar-refractivity contribution is -0.00560. The molecule has 0 atom stereocenters. The van der Waals surface area contributed by atoms with Crippen molar-refractivity contribution in [3.63, 3.8) is 0 Å². The van der Waals surface area contributed by atoms with Gasteiger partial charge in [0, 0.05) is 15.9 Å². The van der Waals surface area contributed by atoms with Crippen LogP contribution in [0.3, 0.4) is 0 Å². The van der Waals surface area contributed by atoms with Gasteiger partial charge in [-0.05, 0) is 30.7 Å². The molecular weight excluding hydrogens is 216 g/mol. The topological polar surface area (TPSA) is 36.4 Å². The molecule has 2 rings (SSSR count). The van der Waals surface area contributed by atoms with Gasteiger partial charge in [0.05, 0.1) is 6.42 Å². The largest absolute Gasteiger partial charge is 0.361 e. The van der Waals surface area contributed by atoms with Crippen LogP contribution < -0.4 is 0 Å². The first-order valence-corrected chi connectivity index (χ1v) is 5.93. The maximum absolute atomic E-state index is 8.69. The monoisotopic (exact) mass is 228 g/mol. The van der Waals surface area contributed by atoms with Crippen molar-refractivity contribution in [1.82, 2.24) is 0 Å². The molecule has 0 aliphatic heterocycles. The second-order valence-corrected chi connectivity index (χ2v) is 4.78. The number of allylic oxidation sites excluding steroid dienone is 3. The zero-order valence-corrected chi connectivity index (χ0v) is 9.87. The Morgan fingerprint density at radius 1 is 1.19 bits per heavy atom. The molecule has 0 radical (unpaired) electrons. The lowest BCUT2D eigenvalue weighted by Crippen LogP contribution is -2.02. The van der Waals surface area contributed by atoms with Crippen LogP contribution in [0.2, 0.25) is 0 Å². The van der Waals surface area contributed by atoms with E-state index in [1.54, 1.807) is 11.8 Å². The minimum Gasteiger partial charge on any atom is -0.361 e. The number of hydrogen-bond donors (Lipinski definition) is 0. The summed E-state index contributed by atoms with van der Waals surface area (Å²) in [4.78, 5) is 5.69. The summed E-state index contributed by atoms with van der Waals surface area (Å²) in [5.41, 5.74) is 10.6. The van der Waals surface area contributed by atoms with Crippen LogP contribution in [0.4, 0.5) is 0 Å². The number of thioether (sulfide) groups is 1. The van der Waals surface area contributed by atoms with Gasteiger partial charge in [0.15, 0.2) is 0 Å². The molecule has 0 saturated heterocycles. The Kier molecular flexibility index (Phi) is 3.40. The van der Waals surface area contributed by atoms with Crippen molar-refractivity contribution in [2.24, 2.45) is 0 Å². The van der Waals surface area contributed by atoms with Gasteiger partial charge >= 0.3 is 0 Å². The minimum atomic E-state index is 0.718. The molecule has 2 nitrogen and oxygen atoms in total. The quantitative estimate of drug-likeness (QED) is 0.562. The Labute approximate surface area is 99.3 Å². The smallest absolute Gasteiger partial charge is 0.296 e. The standard InChI is InChI=1S/C13H12N2S/c1-10-9-11(15-14)7-8-13(10)16-12-5-3-2-4-6-12/h2-8H,9H2,1H3. The molecule has 1 aromatic rings. The molecule has 3 heteroatoms. The van der Waals surface area contributed by atoms with E-state index in [0.29, 0.717) is 0 Å². The first-order chi connectivity index (χ1) is 7.79. The maximum atomic E-state index is 8.69. The molecule has 0 N–H and O–H groups in total. The van der Waals surface area contributed by atoms with Crippen LogP contribution in [0.1, 0.15) is 13.3 Å². The molecule has 1 aliphatic rings. The second kappa shape index (κ2) is 4.97. The van der Waals surface area contributed by atoms with E-state index >= 15 is 0 Å². The van der Waals surface area contributed by atoms with Gasteiger partial charge in [0.1, 0.15) is 0 Å². The summed E-state index contributed by atoms with van der Waals surface area (Å²) >= 11 is 1.74. The Hall–Kier alpha value is -1.57. The van der Waals surface area contributed by atoms with E-state index in [9.17, 15) is 0 Å². The van der Waals surface area contributed by atoms with Crippen LogP contribution in [0.25, 0.3) is 5.53 Å². The third-order valence-electron chi connectivity index (χ3n) is 2.39. The molecule has 0 unspecified atom stereocenters. The molecule has 0 saturated carbocycles. The summed E-state index contributed by atoms with van der Waals surface area (Å²) in [6.07, 6.45) is 4.59. The van der Waals surface area contributed by atoms with Crippen molar-refractivity contribution in [2.45, 2.75) is 18.2 Å². The molecular formula is C13H12N2S. The van der Waals surface area contributed by atoms with Crippen molar-refractivity contribution < 1.29 is 4.79 Å². The predicted molar refractivity (Wildman–Crippen MR) is 67.4 cm³/mol. The highest BCUT2D eigenvalue weighted by Crippen LogP contribution is 2.32. The minimum absolute atomic E-state index is 0.718. The molecule has 1 aromatic carbocycles. The number of nitrogens with zero attached hydrogens (tertiary/aromatic N) is 2. The van der Waals surface area contributed by atoms with Gasteiger partial charge in [-0.15, -0.1) is 0 Å². The lowest BCUT2D eigenvalue weighted by atomic mass is 10.1. The zero-order chi connectivity index (χ0) is 11.4. The van der Waals surface area contributed by atoms with Gasteiger partial charge in [0.25, 0.3) is 5.71 Å². The molecule has 0 fully saturated rings. The molecule has 0 spiro atoms. The maximum Gasteiger partial charge on any atom is 0.296 e. The fourth-order valence-corrected chi connectivity index (χ4v) is 2.47. The van der Waals surface area contributed by atoms with Gasteiger partial charge in [-0.1, -0.05) is 30.0 Å². The van der Waals surface area contributed by atoms with Crippen LogP contribution >= 0.6 is 11.8 Å². The predicted octanol–water partition coefficient (Wildman–Crippen LogP) is 3.68. The summed E-state index contributed by atoms with van der Waals surface area (Å²) in [5.74, 6) is 0. The Morgan fingerprint density at radius 3 is 2.56 bits per heavy atom. The Balaban J connectivity index is 2.18. The van der Waals surface area contributed by atoms with Crippen molar-refractivity contribution in [3.8, 4) is 0 Å². The third-order valence-corrected chi connectivity index (χ3v) is 3.61. The van der Waals surface area contributed by atoms with E-state index in [-0.39, 0.29) is 0 Å². The normalized spacial score (nSPS) is 15.2. The fourth-order valence-electron chi connectivity index (χ4n) is 1.54. The Morgan fingerprint density at radius 2 is 1.94 bits per heavy atom. The van der Waals surface area contributed by atoms with Crippen LogP contribution in [0, 0.1) is 0 Å². The van der Waals surface area contributed by atoms with Gasteiger partial charge in [-0.3, -0.25) is 0 Å². The van der Waals surface area contributed by atoms with Crippen LogP contribution in [0.15, 0.2) is 57.9 Å². The van der Waals surface area contributed by atoms with E-state index in [0.717, 1.165) is 12.1 Å². The van der Waals surface area contributed by atoms with Crippen molar-refractivity contribution in [1.29, 1.82) is 0 Å². The number of hydrogen-bond acceptors (Lipinski definition) is 1. The van der Waals surface area contributed by atoms with Crippen LogP contribution in [-0.4, -0.2) is 10.5 Å². The molecule has 0 bridgehead atoms. The van der Waals surface area contributed by atoms with E-state index < -0.39 is 0 Å². The average molecular weight is 228 g/mol. The van der Waals surface area contributed by atoms with Crippen molar-refractivity contribution in [2.75, 3.05) is 0 Å². The van der Waals surface area contributed by atoms with Gasteiger partial charge in [0.2, 0.25) is 0 Å². The average Bonchev–Trinajstić information content (AvgIpc) is 2.33. The molecule has 0 heterocycles. The highest BCUT2D eigenvalue weighted by Gasteiger charge is 2.14. The summed E-state index contributed by atoms with van der Waals surface area (Å²) in [6.45, 7) is 2.07. The second-order valence-electron chi connectivity index (χ2n) is 3.66. The SMILES string of the molecule is CC1=C(Sc2ccccc2)C=CC(=[N+]=[N-])C1. The summed E-state index contributed by atoms with van der Waals surface area (Å²) in [7, 11) is 0. The van der Waals surface area contributed by atoms with E-state index in [1.807, 2.05) is 30.4 Å². The van der Waals surface area contributed by atoms with E-state index in [1.165, 1.54) is 15.4 Å². The summed E-state index contributed by atoms with van der Waals surface area (Å²) < 4.78 is 0. The molecule has 0 amide bonds. The van der Waals surface area contributed by atoms with Gasteiger partial charge < -0.3 is 5.53 Å². The molecule has 16 heavy (non-hydrogen) atoms. The highest BCUT2D eigenvalue weighted by molar-refractivity contribution is 8.03. The zero-order valence-electron chi connectivity index (χ0n) is 9.05. The summed E-state index contributed by atoms with van der Waals surface area (Å²) in [6, 6.07) is 10.3. The van der Waals surface area contributed by atoms with Gasteiger partial charge in [-0.25, -0.2) is 0 Å². The van der Waals surface area contributed by atoms with Gasteiger partial charge in [-0.2, -0.15) is 4.79 Å². The van der Waals surface area contributed by atoms with E-state index in [4.69, 9.17) is 5.53 Å². The molecule has 0 aromatic heterocycles. The first-order valence-electron chi connectivity index (χ1n) is 5.11. The van der Waals surface area contributed by atoms with Crippen LogP contribution in [0.5, 0.6) is 0 Å².